The topological polar surface area (TPSA) is 69.0 Å². The Morgan fingerprint density at radius 2 is 2.15 bits per heavy atom. The van der Waals surface area contributed by atoms with E-state index in [1.54, 1.807) is 11.0 Å². The summed E-state index contributed by atoms with van der Waals surface area (Å²) < 4.78 is 7.37. The second-order valence-corrected chi connectivity index (χ2v) is 6.36. The molecule has 132 valence electrons. The van der Waals surface area contributed by atoms with Crippen LogP contribution in [0.15, 0.2) is 61.2 Å². The molecular weight excluding hydrogens is 328 g/mol. The number of ether oxygens (including phenoxy) is 1. The normalized spacial score (nSPS) is 15.8. The monoisotopic (exact) mass is 348 g/mol. The van der Waals surface area contributed by atoms with Crippen LogP contribution in [0, 0.1) is 0 Å². The molecule has 2 heterocycles. The van der Waals surface area contributed by atoms with Crippen LogP contribution in [-0.2, 0) is 11.3 Å². The van der Waals surface area contributed by atoms with Crippen LogP contribution in [0.3, 0.4) is 0 Å². The van der Waals surface area contributed by atoms with E-state index in [9.17, 15) is 4.79 Å². The van der Waals surface area contributed by atoms with Gasteiger partial charge >= 0.3 is 0 Å². The molecule has 1 N–H and O–H groups in total. The highest BCUT2D eigenvalue weighted by atomic mass is 16.5. The second kappa shape index (κ2) is 7.39. The zero-order valence-corrected chi connectivity index (χ0v) is 14.3. The lowest BCUT2D eigenvalue weighted by molar-refractivity contribution is -0.121. The van der Waals surface area contributed by atoms with E-state index in [1.165, 1.54) is 6.33 Å². The van der Waals surface area contributed by atoms with Gasteiger partial charge in [0.05, 0.1) is 12.3 Å². The molecule has 0 fully saturated rings. The number of carbonyl (C=O) groups excluding carboxylic acids is 1. The summed E-state index contributed by atoms with van der Waals surface area (Å²) in [5, 5.41) is 7.15. The summed E-state index contributed by atoms with van der Waals surface area (Å²) in [4.78, 5) is 16.4. The number of nitrogens with zero attached hydrogens (tertiary/aromatic N) is 3. The Balaban J connectivity index is 1.37. The quantitative estimate of drug-likeness (QED) is 0.770. The number of rotatable bonds is 5. The zero-order chi connectivity index (χ0) is 17.8. The summed E-state index contributed by atoms with van der Waals surface area (Å²) in [6.45, 7) is 1.15. The van der Waals surface area contributed by atoms with Crippen molar-refractivity contribution in [1.29, 1.82) is 0 Å². The van der Waals surface area contributed by atoms with Crippen molar-refractivity contribution in [2.45, 2.75) is 25.3 Å². The number of amides is 1. The molecule has 3 aromatic rings. The fourth-order valence-corrected chi connectivity index (χ4v) is 3.28. The number of hydrogen-bond donors (Lipinski definition) is 1. The van der Waals surface area contributed by atoms with E-state index in [4.69, 9.17) is 4.74 Å². The predicted molar refractivity (Wildman–Crippen MR) is 97.1 cm³/mol. The first kappa shape index (κ1) is 16.3. The van der Waals surface area contributed by atoms with Crippen molar-refractivity contribution in [1.82, 2.24) is 20.1 Å². The zero-order valence-electron chi connectivity index (χ0n) is 14.3. The molecule has 26 heavy (non-hydrogen) atoms. The van der Waals surface area contributed by atoms with Gasteiger partial charge in [-0.05, 0) is 41.7 Å². The minimum Gasteiger partial charge on any atom is -0.493 e. The minimum atomic E-state index is 0.0536. The largest absolute Gasteiger partial charge is 0.493 e. The molecule has 4 rings (SSSR count). The molecular formula is C20H20N4O2. The van der Waals surface area contributed by atoms with Gasteiger partial charge in [-0.15, -0.1) is 0 Å². The van der Waals surface area contributed by atoms with E-state index in [1.807, 2.05) is 48.5 Å². The van der Waals surface area contributed by atoms with E-state index in [2.05, 4.69) is 15.4 Å². The van der Waals surface area contributed by atoms with Gasteiger partial charge < -0.3 is 10.1 Å². The highest BCUT2D eigenvalue weighted by Gasteiger charge is 2.23. The van der Waals surface area contributed by atoms with Crippen LogP contribution in [0.4, 0.5) is 0 Å². The molecule has 6 nitrogen and oxygen atoms in total. The Bertz CT molecular complexity index is 892. The molecule has 1 aliphatic heterocycles. The second-order valence-electron chi connectivity index (χ2n) is 6.36. The smallest absolute Gasteiger partial charge is 0.220 e. The fraction of sp³-hybridized carbons (Fsp3) is 0.250. The van der Waals surface area contributed by atoms with Gasteiger partial charge in [0.15, 0.2) is 0 Å². The van der Waals surface area contributed by atoms with Crippen LogP contribution in [-0.4, -0.2) is 27.3 Å². The predicted octanol–water partition coefficient (Wildman–Crippen LogP) is 2.84. The lowest BCUT2D eigenvalue weighted by Gasteiger charge is -2.25. The SMILES string of the molecule is O=C(CC1CCOc2ccccc21)NCc1cccc(-n2cncn2)c1. The molecule has 1 amide bonds. The van der Waals surface area contributed by atoms with Crippen LogP contribution in [0.5, 0.6) is 5.75 Å². The van der Waals surface area contributed by atoms with Crippen molar-refractivity contribution in [3.8, 4) is 11.4 Å². The molecule has 0 saturated heterocycles. The Morgan fingerprint density at radius 3 is 3.04 bits per heavy atom. The molecule has 2 aromatic carbocycles. The summed E-state index contributed by atoms with van der Waals surface area (Å²) >= 11 is 0. The number of hydrogen-bond acceptors (Lipinski definition) is 4. The lowest BCUT2D eigenvalue weighted by Crippen LogP contribution is -2.26. The van der Waals surface area contributed by atoms with E-state index in [0.29, 0.717) is 19.6 Å². The van der Waals surface area contributed by atoms with Gasteiger partial charge in [-0.2, -0.15) is 5.10 Å². The Hall–Kier alpha value is -3.15. The van der Waals surface area contributed by atoms with Gasteiger partial charge in [-0.25, -0.2) is 9.67 Å². The number of aromatic nitrogens is 3. The molecule has 1 unspecified atom stereocenters. The number of benzene rings is 2. The lowest BCUT2D eigenvalue weighted by atomic mass is 9.90. The highest BCUT2D eigenvalue weighted by molar-refractivity contribution is 5.77. The van der Waals surface area contributed by atoms with Crippen molar-refractivity contribution in [2.24, 2.45) is 0 Å². The summed E-state index contributed by atoms with van der Waals surface area (Å²) in [7, 11) is 0. The van der Waals surface area contributed by atoms with Crippen LogP contribution in [0.1, 0.15) is 29.9 Å². The highest BCUT2D eigenvalue weighted by Crippen LogP contribution is 2.35. The van der Waals surface area contributed by atoms with Crippen LogP contribution in [0.25, 0.3) is 5.69 Å². The fourth-order valence-electron chi connectivity index (χ4n) is 3.28. The molecule has 0 saturated carbocycles. The molecule has 1 atom stereocenters. The van der Waals surface area contributed by atoms with Crippen molar-refractivity contribution in [3.63, 3.8) is 0 Å². The van der Waals surface area contributed by atoms with Gasteiger partial charge in [0, 0.05) is 13.0 Å². The summed E-state index contributed by atoms with van der Waals surface area (Å²) in [5.41, 5.74) is 3.08. The molecule has 0 radical (unpaired) electrons. The Kier molecular flexibility index (Phi) is 4.64. The maximum atomic E-state index is 12.4. The van der Waals surface area contributed by atoms with E-state index in [0.717, 1.165) is 29.0 Å². The van der Waals surface area contributed by atoms with Gasteiger partial charge in [-0.1, -0.05) is 30.3 Å². The molecule has 1 aliphatic rings. The maximum absolute atomic E-state index is 12.4. The van der Waals surface area contributed by atoms with E-state index < -0.39 is 0 Å². The molecule has 6 heteroatoms. The Morgan fingerprint density at radius 1 is 1.23 bits per heavy atom. The number of carbonyl (C=O) groups is 1. The van der Waals surface area contributed by atoms with Crippen molar-refractivity contribution >= 4 is 5.91 Å². The first-order valence-electron chi connectivity index (χ1n) is 8.72. The average molecular weight is 348 g/mol. The minimum absolute atomic E-state index is 0.0536. The Labute approximate surface area is 151 Å². The van der Waals surface area contributed by atoms with Gasteiger partial charge in [0.2, 0.25) is 5.91 Å². The van der Waals surface area contributed by atoms with Gasteiger partial charge in [0.1, 0.15) is 18.4 Å². The van der Waals surface area contributed by atoms with E-state index in [-0.39, 0.29) is 11.8 Å². The maximum Gasteiger partial charge on any atom is 0.220 e. The van der Waals surface area contributed by atoms with Crippen LogP contribution < -0.4 is 10.1 Å². The third kappa shape index (κ3) is 3.59. The standard InChI is InChI=1S/C20H20N4O2/c25-20(11-16-8-9-26-19-7-2-1-6-18(16)19)22-12-15-4-3-5-17(10-15)24-14-21-13-23-24/h1-7,10,13-14,16H,8-9,11-12H2,(H,22,25). The van der Waals surface area contributed by atoms with Crippen LogP contribution in [0.2, 0.25) is 0 Å². The summed E-state index contributed by atoms with van der Waals surface area (Å²) in [5.74, 6) is 1.16. The van der Waals surface area contributed by atoms with Crippen LogP contribution >= 0.6 is 0 Å². The van der Waals surface area contributed by atoms with Gasteiger partial charge in [-0.3, -0.25) is 4.79 Å². The van der Waals surface area contributed by atoms with Crippen molar-refractivity contribution in [3.05, 3.63) is 72.3 Å². The van der Waals surface area contributed by atoms with Gasteiger partial charge in [0.25, 0.3) is 0 Å². The molecule has 1 aromatic heterocycles. The molecule has 0 spiro atoms. The number of nitrogens with one attached hydrogen (secondary N) is 1. The van der Waals surface area contributed by atoms with Crippen molar-refractivity contribution in [2.75, 3.05) is 6.61 Å². The molecule has 0 bridgehead atoms. The first-order valence-corrected chi connectivity index (χ1v) is 8.72. The summed E-state index contributed by atoms with van der Waals surface area (Å²) in [6, 6.07) is 15.9. The number of para-hydroxylation sites is 1. The first-order chi connectivity index (χ1) is 12.8. The van der Waals surface area contributed by atoms with E-state index >= 15 is 0 Å². The van der Waals surface area contributed by atoms with Crippen molar-refractivity contribution < 1.29 is 9.53 Å². The summed E-state index contributed by atoms with van der Waals surface area (Å²) in [6.07, 6.45) is 4.50. The average Bonchev–Trinajstić information content (AvgIpc) is 3.22. The number of fused-ring (bicyclic) bond motifs is 1. The third-order valence-electron chi connectivity index (χ3n) is 4.60. The third-order valence-corrected chi connectivity index (χ3v) is 4.60. The molecule has 0 aliphatic carbocycles.